The molecule has 2 aromatic carbocycles. The third-order valence-electron chi connectivity index (χ3n) is 5.40. The lowest BCUT2D eigenvalue weighted by molar-refractivity contribution is -0.125. The number of fused-ring (bicyclic) bond motifs is 1. The molecule has 0 fully saturated rings. The van der Waals surface area contributed by atoms with Crippen LogP contribution in [0, 0.1) is 5.82 Å². The molecule has 9 heteroatoms. The molecule has 1 aliphatic heterocycles. The molecule has 34 heavy (non-hydrogen) atoms. The van der Waals surface area contributed by atoms with Crippen molar-refractivity contribution in [3.05, 3.63) is 78.1 Å². The van der Waals surface area contributed by atoms with E-state index in [1.807, 2.05) is 29.6 Å². The first-order valence-electron chi connectivity index (χ1n) is 10.5. The highest BCUT2D eigenvalue weighted by molar-refractivity contribution is 7.13. The normalized spacial score (nSPS) is 13.7. The number of nitrogens with one attached hydrogen (secondary N) is 1. The van der Waals surface area contributed by atoms with Crippen molar-refractivity contribution in [2.45, 2.75) is 13.0 Å². The average Bonchev–Trinajstić information content (AvgIpc) is 3.36. The summed E-state index contributed by atoms with van der Waals surface area (Å²) in [4.78, 5) is 36.1. The maximum atomic E-state index is 13.2. The fraction of sp³-hybridized carbons (Fsp3) is 0.120. The van der Waals surface area contributed by atoms with Crippen LogP contribution in [0.1, 0.15) is 6.92 Å². The van der Waals surface area contributed by atoms with Gasteiger partial charge in [-0.3, -0.25) is 19.5 Å². The summed E-state index contributed by atoms with van der Waals surface area (Å²) in [5, 5.41) is 5.43. The Morgan fingerprint density at radius 1 is 1.15 bits per heavy atom. The molecule has 1 atom stereocenters. The van der Waals surface area contributed by atoms with Crippen LogP contribution >= 0.6 is 11.3 Å². The van der Waals surface area contributed by atoms with Crippen LogP contribution in [0.4, 0.5) is 15.8 Å². The number of aromatic nitrogens is 2. The highest BCUT2D eigenvalue weighted by Gasteiger charge is 2.33. The summed E-state index contributed by atoms with van der Waals surface area (Å²) in [5.41, 5.74) is 3.23. The Morgan fingerprint density at radius 2 is 1.97 bits per heavy atom. The van der Waals surface area contributed by atoms with Crippen molar-refractivity contribution in [1.29, 1.82) is 0 Å². The van der Waals surface area contributed by atoms with E-state index >= 15 is 0 Å². The molecule has 1 aliphatic rings. The first-order chi connectivity index (χ1) is 16.5. The van der Waals surface area contributed by atoms with Gasteiger partial charge in [-0.05, 0) is 61.5 Å². The molecule has 2 amide bonds. The predicted molar refractivity (Wildman–Crippen MR) is 128 cm³/mol. The molecular weight excluding hydrogens is 455 g/mol. The predicted octanol–water partition coefficient (Wildman–Crippen LogP) is 4.76. The van der Waals surface area contributed by atoms with Crippen LogP contribution in [0.5, 0.6) is 5.75 Å². The van der Waals surface area contributed by atoms with Crippen LogP contribution in [0.25, 0.3) is 22.0 Å². The zero-order valence-corrected chi connectivity index (χ0v) is 18.9. The minimum atomic E-state index is -0.824. The van der Waals surface area contributed by atoms with Crippen molar-refractivity contribution in [2.75, 3.05) is 16.8 Å². The third-order valence-corrected chi connectivity index (χ3v) is 6.27. The minimum Gasteiger partial charge on any atom is -0.482 e. The molecule has 0 saturated carbocycles. The number of pyridine rings is 1. The Labute approximate surface area is 198 Å². The summed E-state index contributed by atoms with van der Waals surface area (Å²) in [6, 6.07) is 15.7. The third kappa shape index (κ3) is 4.25. The van der Waals surface area contributed by atoms with E-state index in [1.165, 1.54) is 40.5 Å². The van der Waals surface area contributed by atoms with E-state index < -0.39 is 17.8 Å². The summed E-state index contributed by atoms with van der Waals surface area (Å²) >= 11 is 1.47. The van der Waals surface area contributed by atoms with Crippen LogP contribution in [0.3, 0.4) is 0 Å². The molecular formula is C25H19FN4O3S. The van der Waals surface area contributed by atoms with Crippen LogP contribution in [0.2, 0.25) is 0 Å². The second-order valence-corrected chi connectivity index (χ2v) is 8.52. The Morgan fingerprint density at radius 3 is 2.74 bits per heavy atom. The van der Waals surface area contributed by atoms with Gasteiger partial charge in [0.2, 0.25) is 5.91 Å². The molecule has 0 spiro atoms. The molecule has 170 valence electrons. The van der Waals surface area contributed by atoms with Gasteiger partial charge < -0.3 is 10.1 Å². The smallest absolute Gasteiger partial charge is 0.265 e. The summed E-state index contributed by atoms with van der Waals surface area (Å²) < 4.78 is 18.8. The maximum Gasteiger partial charge on any atom is 0.265 e. The summed E-state index contributed by atoms with van der Waals surface area (Å²) in [6.45, 7) is 1.47. The van der Waals surface area contributed by atoms with Crippen molar-refractivity contribution in [3.63, 3.8) is 0 Å². The van der Waals surface area contributed by atoms with Gasteiger partial charge in [-0.25, -0.2) is 9.37 Å². The molecule has 1 N–H and O–H groups in total. The fourth-order valence-electron chi connectivity index (χ4n) is 3.67. The molecule has 0 radical (unpaired) electrons. The molecule has 1 unspecified atom stereocenters. The summed E-state index contributed by atoms with van der Waals surface area (Å²) in [5.74, 6) is -0.628. The van der Waals surface area contributed by atoms with Crippen LogP contribution in [-0.2, 0) is 9.59 Å². The lowest BCUT2D eigenvalue weighted by atomic mass is 10.1. The number of ether oxygens (including phenoxy) is 1. The van der Waals surface area contributed by atoms with Crippen LogP contribution in [0.15, 0.2) is 72.2 Å². The molecule has 0 aliphatic carbocycles. The number of halogens is 1. The lowest BCUT2D eigenvalue weighted by Gasteiger charge is -2.33. The van der Waals surface area contributed by atoms with Gasteiger partial charge in [-0.2, -0.15) is 0 Å². The van der Waals surface area contributed by atoms with Gasteiger partial charge in [0, 0.05) is 22.8 Å². The van der Waals surface area contributed by atoms with E-state index in [0.717, 1.165) is 22.0 Å². The molecule has 4 aromatic rings. The highest BCUT2D eigenvalue weighted by atomic mass is 32.1. The van der Waals surface area contributed by atoms with Gasteiger partial charge in [0.25, 0.3) is 5.91 Å². The van der Waals surface area contributed by atoms with E-state index in [0.29, 0.717) is 17.1 Å². The average molecular weight is 475 g/mol. The molecule has 7 nitrogen and oxygen atoms in total. The first-order valence-corrected chi connectivity index (χ1v) is 11.4. The second-order valence-electron chi connectivity index (χ2n) is 7.66. The van der Waals surface area contributed by atoms with Crippen molar-refractivity contribution in [3.8, 4) is 27.7 Å². The molecule has 0 saturated heterocycles. The van der Waals surface area contributed by atoms with Crippen molar-refractivity contribution in [1.82, 2.24) is 9.97 Å². The number of hydrogen-bond acceptors (Lipinski definition) is 6. The van der Waals surface area contributed by atoms with E-state index in [2.05, 4.69) is 15.3 Å². The van der Waals surface area contributed by atoms with E-state index in [-0.39, 0.29) is 12.5 Å². The van der Waals surface area contributed by atoms with Gasteiger partial charge in [-0.1, -0.05) is 6.07 Å². The lowest BCUT2D eigenvalue weighted by Crippen LogP contribution is -2.49. The molecule has 5 rings (SSSR count). The number of nitrogens with zero attached hydrogens (tertiary/aromatic N) is 3. The molecule has 2 aromatic heterocycles. The van der Waals surface area contributed by atoms with Gasteiger partial charge >= 0.3 is 0 Å². The SMILES string of the molecule is CC(C(=O)Nc1ccc(F)cc1)N1C(=O)COc2ccc(-c3csc(-c4ccccn4)n3)cc21. The number of rotatable bonds is 5. The topological polar surface area (TPSA) is 84.4 Å². The number of hydrogen-bond donors (Lipinski definition) is 1. The number of amides is 2. The number of anilines is 2. The zero-order valence-electron chi connectivity index (χ0n) is 18.1. The van der Waals surface area contributed by atoms with Gasteiger partial charge in [0.1, 0.15) is 22.6 Å². The Kier molecular flexibility index (Phi) is 5.77. The fourth-order valence-corrected chi connectivity index (χ4v) is 4.47. The zero-order chi connectivity index (χ0) is 23.7. The first kappa shape index (κ1) is 21.7. The largest absolute Gasteiger partial charge is 0.482 e. The van der Waals surface area contributed by atoms with Crippen LogP contribution in [-0.4, -0.2) is 34.4 Å². The number of carbonyl (C=O) groups is 2. The van der Waals surface area contributed by atoms with Crippen molar-refractivity contribution in [2.24, 2.45) is 0 Å². The summed E-state index contributed by atoms with van der Waals surface area (Å²) in [7, 11) is 0. The quantitative estimate of drug-likeness (QED) is 0.451. The van der Waals surface area contributed by atoms with E-state index in [9.17, 15) is 14.0 Å². The van der Waals surface area contributed by atoms with E-state index in [4.69, 9.17) is 4.74 Å². The molecule has 3 heterocycles. The van der Waals surface area contributed by atoms with Crippen molar-refractivity contribution < 1.29 is 18.7 Å². The number of thiazole rings is 1. The Balaban J connectivity index is 1.44. The standard InChI is InChI=1S/C25H19FN4O3S/c1-15(24(32)28-18-8-6-17(26)7-9-18)30-21-12-16(5-10-22(21)33-13-23(30)31)20-14-34-25(29-20)19-4-2-3-11-27-19/h2-12,14-15H,13H2,1H3,(H,28,32). The van der Waals surface area contributed by atoms with Gasteiger partial charge in [-0.15, -0.1) is 11.3 Å². The maximum absolute atomic E-state index is 13.2. The van der Waals surface area contributed by atoms with Crippen molar-refractivity contribution >= 4 is 34.5 Å². The Hall–Kier alpha value is -4.11. The summed E-state index contributed by atoms with van der Waals surface area (Å²) in [6.07, 6.45) is 1.72. The van der Waals surface area contributed by atoms with Gasteiger partial charge in [0.15, 0.2) is 6.61 Å². The van der Waals surface area contributed by atoms with Gasteiger partial charge in [0.05, 0.1) is 17.1 Å². The second kappa shape index (κ2) is 9.03. The number of carbonyl (C=O) groups excluding carboxylic acids is 2. The van der Waals surface area contributed by atoms with Crippen LogP contribution < -0.4 is 15.0 Å². The molecule has 0 bridgehead atoms. The highest BCUT2D eigenvalue weighted by Crippen LogP contribution is 2.38. The number of benzene rings is 2. The monoisotopic (exact) mass is 474 g/mol. The minimum absolute atomic E-state index is 0.166. The van der Waals surface area contributed by atoms with E-state index in [1.54, 1.807) is 25.3 Å². The Bertz CT molecular complexity index is 1360.